The van der Waals surface area contributed by atoms with E-state index in [-0.39, 0.29) is 11.1 Å². The van der Waals surface area contributed by atoms with E-state index in [4.69, 9.17) is 3.87 Å². The van der Waals surface area contributed by atoms with Crippen LogP contribution in [0.2, 0.25) is 11.1 Å². The maximum Gasteiger partial charge on any atom is 0.522 e. The highest BCUT2D eigenvalue weighted by atomic mass is 32.2. The minimum Gasteiger partial charge on any atom is -0.306 e. The van der Waals surface area contributed by atoms with Crippen molar-refractivity contribution in [2.24, 2.45) is 0 Å². The van der Waals surface area contributed by atoms with Crippen molar-refractivity contribution in [1.82, 2.24) is 0 Å². The van der Waals surface area contributed by atoms with Crippen LogP contribution in [0.1, 0.15) is 59.9 Å². The van der Waals surface area contributed by atoms with Crippen LogP contribution >= 0.6 is 0 Å². The second kappa shape index (κ2) is 8.02. The number of rotatable bonds is 8. The topological polar surface area (TPSA) is 43.4 Å². The van der Waals surface area contributed by atoms with Crippen molar-refractivity contribution in [3.63, 3.8) is 0 Å². The Hall–Kier alpha value is -0.863. The summed E-state index contributed by atoms with van der Waals surface area (Å²) in [5, 5.41) is -0.836. The predicted molar refractivity (Wildman–Crippen MR) is 101 cm³/mol. The fraction of sp³-hybridized carbons (Fsp3) is 0.667. The second-order valence-electron chi connectivity index (χ2n) is 7.39. The van der Waals surface area contributed by atoms with Gasteiger partial charge in [0.25, 0.3) is 0 Å². The van der Waals surface area contributed by atoms with Gasteiger partial charge in [-0.15, -0.1) is 0 Å². The summed E-state index contributed by atoms with van der Waals surface area (Å²) in [4.78, 5) is 0. The zero-order chi connectivity index (χ0) is 20.4. The average molecular weight is 411 g/mol. The molecule has 0 aliphatic carbocycles. The minimum absolute atomic E-state index is 0.287. The van der Waals surface area contributed by atoms with Gasteiger partial charge in [0.15, 0.2) is 0 Å². The average Bonchev–Trinajstić information content (AvgIpc) is 2.57. The highest BCUT2D eigenvalue weighted by Crippen LogP contribution is 2.52. The number of alkyl halides is 3. The van der Waals surface area contributed by atoms with Crippen LogP contribution in [0.25, 0.3) is 0 Å². The van der Waals surface area contributed by atoms with Crippen molar-refractivity contribution >= 4 is 18.4 Å². The summed E-state index contributed by atoms with van der Waals surface area (Å²) >= 11 is 0. The highest BCUT2D eigenvalue weighted by Gasteiger charge is 2.62. The fourth-order valence-electron chi connectivity index (χ4n) is 3.90. The van der Waals surface area contributed by atoms with Crippen LogP contribution in [-0.4, -0.2) is 22.2 Å². The quantitative estimate of drug-likeness (QED) is 0.395. The third-order valence-corrected chi connectivity index (χ3v) is 14.2. The standard InChI is InChI=1S/C18H29F3O3SSi/c1-7-14(3)26(15(4)8-2,24-25(22,23)18(19,20)21)17(5,6)16-12-10-9-11-13-16/h9-15H,7-8H2,1-6H3. The van der Waals surface area contributed by atoms with Gasteiger partial charge in [-0.25, -0.2) is 0 Å². The Morgan fingerprint density at radius 2 is 1.42 bits per heavy atom. The van der Waals surface area contributed by atoms with E-state index in [9.17, 15) is 21.6 Å². The summed E-state index contributed by atoms with van der Waals surface area (Å²) in [6.45, 7) is 11.0. The Morgan fingerprint density at radius 3 is 1.77 bits per heavy atom. The molecule has 0 heterocycles. The lowest BCUT2D eigenvalue weighted by molar-refractivity contribution is -0.0507. The van der Waals surface area contributed by atoms with Gasteiger partial charge >= 0.3 is 15.6 Å². The lowest BCUT2D eigenvalue weighted by atomic mass is 10.0. The maximum absolute atomic E-state index is 13.2. The zero-order valence-electron chi connectivity index (χ0n) is 16.2. The molecular weight excluding hydrogens is 381 g/mol. The van der Waals surface area contributed by atoms with Crippen molar-refractivity contribution in [2.75, 3.05) is 0 Å². The van der Waals surface area contributed by atoms with Crippen LogP contribution in [-0.2, 0) is 19.0 Å². The van der Waals surface area contributed by atoms with E-state index in [1.54, 1.807) is 0 Å². The fourth-order valence-corrected chi connectivity index (χ4v) is 13.1. The molecule has 0 radical (unpaired) electrons. The van der Waals surface area contributed by atoms with Gasteiger partial charge < -0.3 is 3.87 Å². The molecule has 2 unspecified atom stereocenters. The van der Waals surface area contributed by atoms with E-state index >= 15 is 0 Å². The van der Waals surface area contributed by atoms with Crippen molar-refractivity contribution in [3.8, 4) is 0 Å². The molecule has 8 heteroatoms. The van der Waals surface area contributed by atoms with Gasteiger partial charge in [0.2, 0.25) is 8.32 Å². The van der Waals surface area contributed by atoms with Crippen LogP contribution in [0.3, 0.4) is 0 Å². The lowest BCUT2D eigenvalue weighted by Crippen LogP contribution is -2.62. The van der Waals surface area contributed by atoms with E-state index in [0.29, 0.717) is 12.8 Å². The molecule has 0 fully saturated rings. The molecule has 150 valence electrons. The molecule has 1 rings (SSSR count). The first kappa shape index (κ1) is 23.2. The molecule has 1 aromatic rings. The molecule has 0 aliphatic rings. The third kappa shape index (κ3) is 4.02. The number of benzene rings is 1. The minimum atomic E-state index is -5.70. The highest BCUT2D eigenvalue weighted by molar-refractivity contribution is 7.88. The second-order valence-corrected chi connectivity index (χ2v) is 14.2. The number of halogens is 3. The Morgan fingerprint density at radius 1 is 1.00 bits per heavy atom. The first-order valence-electron chi connectivity index (χ1n) is 8.85. The molecule has 26 heavy (non-hydrogen) atoms. The summed E-state index contributed by atoms with van der Waals surface area (Å²) in [5.41, 5.74) is -5.21. The molecular formula is C18H29F3O3SSi. The smallest absolute Gasteiger partial charge is 0.306 e. The molecule has 0 saturated heterocycles. The molecule has 1 aromatic carbocycles. The predicted octanol–water partition coefficient (Wildman–Crippen LogP) is 5.92. The van der Waals surface area contributed by atoms with Gasteiger partial charge in [-0.3, -0.25) is 0 Å². The van der Waals surface area contributed by atoms with E-state index in [2.05, 4.69) is 0 Å². The molecule has 3 nitrogen and oxygen atoms in total. The number of hydrogen-bond acceptors (Lipinski definition) is 3. The van der Waals surface area contributed by atoms with Crippen molar-refractivity contribution in [2.45, 2.75) is 76.0 Å². The zero-order valence-corrected chi connectivity index (χ0v) is 18.0. The van der Waals surface area contributed by atoms with Crippen LogP contribution in [0.4, 0.5) is 13.2 Å². The Kier molecular flexibility index (Phi) is 7.15. The summed E-state index contributed by atoms with van der Waals surface area (Å²) in [6.07, 6.45) is 1.08. The summed E-state index contributed by atoms with van der Waals surface area (Å²) in [5.74, 6) is 0. The molecule has 0 amide bonds. The molecule has 0 N–H and O–H groups in total. The first-order valence-corrected chi connectivity index (χ1v) is 12.3. The summed E-state index contributed by atoms with van der Waals surface area (Å²) < 4.78 is 69.0. The largest absolute Gasteiger partial charge is 0.522 e. The lowest BCUT2D eigenvalue weighted by Gasteiger charge is -2.50. The van der Waals surface area contributed by atoms with Crippen molar-refractivity contribution in [3.05, 3.63) is 35.9 Å². The van der Waals surface area contributed by atoms with E-state index in [1.165, 1.54) is 0 Å². The molecule has 0 aromatic heterocycles. The van der Waals surface area contributed by atoms with E-state index in [0.717, 1.165) is 5.56 Å². The first-order chi connectivity index (χ1) is 11.8. The van der Waals surface area contributed by atoms with Crippen LogP contribution < -0.4 is 0 Å². The molecule has 2 atom stereocenters. The van der Waals surface area contributed by atoms with Gasteiger partial charge in [0, 0.05) is 5.04 Å². The number of hydrogen-bond donors (Lipinski definition) is 0. The molecule has 0 aliphatic heterocycles. The van der Waals surface area contributed by atoms with Crippen LogP contribution in [0.5, 0.6) is 0 Å². The van der Waals surface area contributed by atoms with Crippen molar-refractivity contribution in [1.29, 1.82) is 0 Å². The Bertz CT molecular complexity index is 677. The monoisotopic (exact) mass is 410 g/mol. The van der Waals surface area contributed by atoms with E-state index < -0.39 is 29.0 Å². The molecule has 0 saturated carbocycles. The maximum atomic E-state index is 13.2. The SMILES string of the molecule is CCC(C)[Si](OS(=O)(=O)C(F)(F)F)(C(C)CC)C(C)(C)c1ccccc1. The summed E-state index contributed by atoms with van der Waals surface area (Å²) in [7, 11) is -9.22. The Balaban J connectivity index is 3.75. The van der Waals surface area contributed by atoms with Gasteiger partial charge in [-0.2, -0.15) is 21.6 Å². The van der Waals surface area contributed by atoms with Gasteiger partial charge in [-0.05, 0) is 16.6 Å². The molecule has 0 bridgehead atoms. The van der Waals surface area contributed by atoms with Gasteiger partial charge in [-0.1, -0.05) is 84.7 Å². The van der Waals surface area contributed by atoms with E-state index in [1.807, 2.05) is 71.9 Å². The molecule has 0 spiro atoms. The normalized spacial score (nSPS) is 18.2. The third-order valence-electron chi connectivity index (χ3n) is 5.69. The van der Waals surface area contributed by atoms with Crippen LogP contribution in [0.15, 0.2) is 30.3 Å². The van der Waals surface area contributed by atoms with Crippen LogP contribution in [0, 0.1) is 0 Å². The van der Waals surface area contributed by atoms with Gasteiger partial charge in [0.1, 0.15) is 0 Å². The Labute approximate surface area is 156 Å². The summed E-state index contributed by atoms with van der Waals surface area (Å²) in [6, 6.07) is 9.10. The van der Waals surface area contributed by atoms with Gasteiger partial charge in [0.05, 0.1) is 0 Å². The van der Waals surface area contributed by atoms with Crippen molar-refractivity contribution < 1.29 is 25.5 Å².